The van der Waals surface area contributed by atoms with Crippen molar-refractivity contribution in [2.24, 2.45) is 5.73 Å². The normalized spacial score (nSPS) is 21.8. The Labute approximate surface area is 111 Å². The van der Waals surface area contributed by atoms with E-state index in [0.29, 0.717) is 13.1 Å². The van der Waals surface area contributed by atoms with E-state index in [1.165, 1.54) is 0 Å². The predicted octanol–water partition coefficient (Wildman–Crippen LogP) is 0.487. The molecule has 19 heavy (non-hydrogen) atoms. The average Bonchev–Trinajstić information content (AvgIpc) is 2.39. The number of nitrogens with two attached hydrogens (primary N) is 1. The first-order chi connectivity index (χ1) is 9.12. The molecule has 1 aliphatic carbocycles. The summed E-state index contributed by atoms with van der Waals surface area (Å²) in [7, 11) is 0. The van der Waals surface area contributed by atoms with Gasteiger partial charge in [0.25, 0.3) is 0 Å². The fraction of sp³-hybridized carbons (Fsp3) is 0.429. The Morgan fingerprint density at radius 2 is 1.95 bits per heavy atom. The lowest BCUT2D eigenvalue weighted by Gasteiger charge is -2.41. The predicted molar refractivity (Wildman–Crippen MR) is 71.5 cm³/mol. The molecule has 5 heteroatoms. The van der Waals surface area contributed by atoms with Crippen molar-refractivity contribution in [2.45, 2.75) is 24.8 Å². The molecule has 1 aromatic carbocycles. The summed E-state index contributed by atoms with van der Waals surface area (Å²) in [6.45, 7) is 0.980. The van der Waals surface area contributed by atoms with Gasteiger partial charge >= 0.3 is 11.8 Å². The number of hydrogen-bond acceptors (Lipinski definition) is 3. The van der Waals surface area contributed by atoms with Gasteiger partial charge in [-0.2, -0.15) is 0 Å². The Bertz CT molecular complexity index is 537. The van der Waals surface area contributed by atoms with Crippen LogP contribution in [0.15, 0.2) is 24.3 Å². The molecule has 0 atom stereocenters. The van der Waals surface area contributed by atoms with Crippen molar-refractivity contribution >= 4 is 17.5 Å². The highest BCUT2D eigenvalue weighted by atomic mass is 16.2. The monoisotopic (exact) mass is 259 g/mol. The lowest BCUT2D eigenvalue weighted by Crippen LogP contribution is -2.53. The first kappa shape index (κ1) is 12.2. The number of hydrogen-bond donors (Lipinski definition) is 2. The zero-order chi connectivity index (χ0) is 13.5. The van der Waals surface area contributed by atoms with Crippen LogP contribution in [0.25, 0.3) is 0 Å². The molecule has 2 aliphatic rings. The first-order valence-electron chi connectivity index (χ1n) is 6.60. The molecule has 1 heterocycles. The highest BCUT2D eigenvalue weighted by Crippen LogP contribution is 2.42. The standard InChI is InChI=1S/C14H17N3O2/c15-14(6-3-7-14)10-4-1-2-5-11(10)17-9-8-16-12(18)13(17)19/h1-2,4-5H,3,6-9,15H2,(H,16,18). The van der Waals surface area contributed by atoms with Gasteiger partial charge in [-0.25, -0.2) is 0 Å². The van der Waals surface area contributed by atoms with E-state index < -0.39 is 11.8 Å². The maximum absolute atomic E-state index is 12.0. The van der Waals surface area contributed by atoms with Gasteiger partial charge in [-0.3, -0.25) is 9.59 Å². The number of anilines is 1. The van der Waals surface area contributed by atoms with Crippen LogP contribution in [-0.2, 0) is 15.1 Å². The molecular formula is C14H17N3O2. The van der Waals surface area contributed by atoms with Crippen LogP contribution in [0.3, 0.4) is 0 Å². The van der Waals surface area contributed by atoms with Gasteiger partial charge < -0.3 is 16.0 Å². The summed E-state index contributed by atoms with van der Waals surface area (Å²) >= 11 is 0. The van der Waals surface area contributed by atoms with Crippen molar-refractivity contribution in [1.29, 1.82) is 0 Å². The van der Waals surface area contributed by atoms with E-state index in [9.17, 15) is 9.59 Å². The third kappa shape index (κ3) is 1.90. The van der Waals surface area contributed by atoms with Crippen LogP contribution in [0.1, 0.15) is 24.8 Å². The van der Waals surface area contributed by atoms with Crippen LogP contribution >= 0.6 is 0 Å². The van der Waals surface area contributed by atoms with Crippen molar-refractivity contribution in [3.63, 3.8) is 0 Å². The van der Waals surface area contributed by atoms with E-state index in [2.05, 4.69) is 5.32 Å². The third-order valence-electron chi connectivity index (χ3n) is 4.04. The summed E-state index contributed by atoms with van der Waals surface area (Å²) in [4.78, 5) is 25.0. The minimum Gasteiger partial charge on any atom is -0.346 e. The van der Waals surface area contributed by atoms with E-state index in [1.54, 1.807) is 4.90 Å². The molecule has 0 aromatic heterocycles. The number of carbonyl (C=O) groups excluding carboxylic acids is 2. The van der Waals surface area contributed by atoms with Gasteiger partial charge in [0.15, 0.2) is 0 Å². The number of amides is 2. The zero-order valence-corrected chi connectivity index (χ0v) is 10.7. The molecule has 3 rings (SSSR count). The Morgan fingerprint density at radius 3 is 2.63 bits per heavy atom. The molecule has 5 nitrogen and oxygen atoms in total. The second kappa shape index (κ2) is 4.35. The van der Waals surface area contributed by atoms with Crippen LogP contribution in [0.2, 0.25) is 0 Å². The molecule has 1 aliphatic heterocycles. The van der Waals surface area contributed by atoms with Crippen LogP contribution < -0.4 is 16.0 Å². The van der Waals surface area contributed by atoms with Crippen molar-refractivity contribution in [1.82, 2.24) is 5.32 Å². The number of para-hydroxylation sites is 1. The molecule has 0 radical (unpaired) electrons. The number of nitrogens with one attached hydrogen (secondary N) is 1. The summed E-state index contributed by atoms with van der Waals surface area (Å²) in [5.41, 5.74) is 7.79. The Balaban J connectivity index is 2.00. The van der Waals surface area contributed by atoms with Crippen LogP contribution in [0, 0.1) is 0 Å². The Kier molecular flexibility index (Phi) is 2.78. The smallest absolute Gasteiger partial charge is 0.316 e. The van der Waals surface area contributed by atoms with Gasteiger partial charge in [0.2, 0.25) is 0 Å². The van der Waals surface area contributed by atoms with Crippen molar-refractivity contribution in [2.75, 3.05) is 18.0 Å². The van der Waals surface area contributed by atoms with Crippen molar-refractivity contribution < 1.29 is 9.59 Å². The minimum absolute atomic E-state index is 0.342. The SMILES string of the molecule is NC1(c2ccccc2N2CCNC(=O)C2=O)CCC1. The number of nitrogens with zero attached hydrogens (tertiary/aromatic N) is 1. The number of piperazine rings is 1. The topological polar surface area (TPSA) is 75.4 Å². The van der Waals surface area contributed by atoms with Gasteiger partial charge in [-0.15, -0.1) is 0 Å². The molecule has 2 amide bonds. The molecule has 100 valence electrons. The maximum Gasteiger partial charge on any atom is 0.316 e. The summed E-state index contributed by atoms with van der Waals surface area (Å²) in [5.74, 6) is -1.04. The number of rotatable bonds is 2. The van der Waals surface area contributed by atoms with Gasteiger partial charge in [0.1, 0.15) is 0 Å². The van der Waals surface area contributed by atoms with E-state index in [1.807, 2.05) is 24.3 Å². The molecule has 0 unspecified atom stereocenters. The molecular weight excluding hydrogens is 242 g/mol. The van der Waals surface area contributed by atoms with Crippen LogP contribution in [0.4, 0.5) is 5.69 Å². The molecule has 0 bridgehead atoms. The quantitative estimate of drug-likeness (QED) is 0.759. The molecule has 1 aromatic rings. The molecule has 1 saturated carbocycles. The molecule has 0 spiro atoms. The number of carbonyl (C=O) groups is 2. The van der Waals surface area contributed by atoms with E-state index in [0.717, 1.165) is 30.5 Å². The summed E-state index contributed by atoms with van der Waals surface area (Å²) < 4.78 is 0. The molecule has 2 fully saturated rings. The summed E-state index contributed by atoms with van der Waals surface area (Å²) in [6.07, 6.45) is 2.97. The number of benzene rings is 1. The molecule has 3 N–H and O–H groups in total. The van der Waals surface area contributed by atoms with Crippen LogP contribution in [-0.4, -0.2) is 24.9 Å². The Morgan fingerprint density at radius 1 is 1.21 bits per heavy atom. The third-order valence-corrected chi connectivity index (χ3v) is 4.04. The fourth-order valence-electron chi connectivity index (χ4n) is 2.77. The molecule has 1 saturated heterocycles. The lowest BCUT2D eigenvalue weighted by atomic mass is 9.72. The zero-order valence-electron chi connectivity index (χ0n) is 10.7. The second-order valence-corrected chi connectivity index (χ2v) is 5.24. The van der Waals surface area contributed by atoms with Gasteiger partial charge in [-0.05, 0) is 30.9 Å². The minimum atomic E-state index is -0.541. The largest absolute Gasteiger partial charge is 0.346 e. The average molecular weight is 259 g/mol. The van der Waals surface area contributed by atoms with Crippen LogP contribution in [0.5, 0.6) is 0 Å². The summed E-state index contributed by atoms with van der Waals surface area (Å²) in [5, 5.41) is 2.56. The second-order valence-electron chi connectivity index (χ2n) is 5.24. The summed E-state index contributed by atoms with van der Waals surface area (Å²) in [6, 6.07) is 7.65. The van der Waals surface area contributed by atoms with Gasteiger partial charge in [0.05, 0.1) is 0 Å². The van der Waals surface area contributed by atoms with Gasteiger partial charge in [0, 0.05) is 24.3 Å². The van der Waals surface area contributed by atoms with E-state index in [4.69, 9.17) is 5.73 Å². The van der Waals surface area contributed by atoms with Crippen molar-refractivity contribution in [3.8, 4) is 0 Å². The van der Waals surface area contributed by atoms with Gasteiger partial charge in [-0.1, -0.05) is 18.2 Å². The highest BCUT2D eigenvalue weighted by Gasteiger charge is 2.38. The van der Waals surface area contributed by atoms with E-state index in [-0.39, 0.29) is 5.54 Å². The van der Waals surface area contributed by atoms with E-state index >= 15 is 0 Å². The lowest BCUT2D eigenvalue weighted by molar-refractivity contribution is -0.138. The highest BCUT2D eigenvalue weighted by molar-refractivity contribution is 6.41. The maximum atomic E-state index is 12.0. The fourth-order valence-corrected chi connectivity index (χ4v) is 2.77. The first-order valence-corrected chi connectivity index (χ1v) is 6.60. The Hall–Kier alpha value is -1.88. The van der Waals surface area contributed by atoms with Crippen molar-refractivity contribution in [3.05, 3.63) is 29.8 Å².